The second-order valence-electron chi connectivity index (χ2n) is 7.42. The number of carboxylic acids is 1. The fraction of sp³-hybridized carbons (Fsp3) is 0.526. The molecular weight excluding hydrogens is 338 g/mol. The van der Waals surface area contributed by atoms with Crippen LogP contribution >= 0.6 is 0 Å². The molecule has 2 rings (SSSR count). The molecule has 0 aromatic heterocycles. The van der Waals surface area contributed by atoms with Crippen molar-refractivity contribution in [2.24, 2.45) is 5.41 Å². The molecule has 1 aliphatic rings. The van der Waals surface area contributed by atoms with Crippen molar-refractivity contribution in [2.75, 3.05) is 13.1 Å². The van der Waals surface area contributed by atoms with Gasteiger partial charge in [0.15, 0.2) is 5.41 Å². The van der Waals surface area contributed by atoms with E-state index in [-0.39, 0.29) is 32.5 Å². The van der Waals surface area contributed by atoms with Crippen molar-refractivity contribution in [3.8, 4) is 0 Å². The molecular formula is C19H25NO6. The van der Waals surface area contributed by atoms with Gasteiger partial charge >= 0.3 is 18.0 Å². The van der Waals surface area contributed by atoms with Gasteiger partial charge in [-0.2, -0.15) is 0 Å². The number of hydrogen-bond donors (Lipinski definition) is 1. The summed E-state index contributed by atoms with van der Waals surface area (Å²) < 4.78 is 10.5. The van der Waals surface area contributed by atoms with E-state index in [4.69, 9.17) is 9.47 Å². The summed E-state index contributed by atoms with van der Waals surface area (Å²) in [6.07, 6.45) is -0.515. The van der Waals surface area contributed by atoms with Gasteiger partial charge in [0.25, 0.3) is 0 Å². The Kier molecular flexibility index (Phi) is 5.90. The van der Waals surface area contributed by atoms with E-state index in [1.54, 1.807) is 32.9 Å². The highest BCUT2D eigenvalue weighted by molar-refractivity contribution is 5.99. The van der Waals surface area contributed by atoms with Crippen LogP contribution in [0.25, 0.3) is 0 Å². The van der Waals surface area contributed by atoms with E-state index in [1.807, 2.05) is 18.2 Å². The van der Waals surface area contributed by atoms with E-state index < -0.39 is 29.0 Å². The van der Waals surface area contributed by atoms with Gasteiger partial charge in [0.1, 0.15) is 12.2 Å². The van der Waals surface area contributed by atoms with Gasteiger partial charge in [-0.25, -0.2) is 4.79 Å². The summed E-state index contributed by atoms with van der Waals surface area (Å²) in [5.74, 6) is -1.99. The maximum atomic E-state index is 12.5. The van der Waals surface area contributed by atoms with Crippen LogP contribution in [0.5, 0.6) is 0 Å². The molecule has 7 nitrogen and oxygen atoms in total. The van der Waals surface area contributed by atoms with Gasteiger partial charge in [0.05, 0.1) is 0 Å². The van der Waals surface area contributed by atoms with E-state index in [1.165, 1.54) is 4.90 Å². The standard InChI is InChI=1S/C19H25NO6/c1-18(2,3)26-17(24)20-11-9-19(10-12-20,15(21)22)16(23)25-13-14-7-5-4-6-8-14/h4-8H,9-13H2,1-3H3,(H,21,22). The number of ether oxygens (including phenoxy) is 2. The summed E-state index contributed by atoms with van der Waals surface area (Å²) >= 11 is 0. The number of hydrogen-bond acceptors (Lipinski definition) is 5. The third kappa shape index (κ3) is 4.74. The summed E-state index contributed by atoms with van der Waals surface area (Å²) in [6, 6.07) is 9.07. The quantitative estimate of drug-likeness (QED) is 0.653. The summed E-state index contributed by atoms with van der Waals surface area (Å²) in [6.45, 7) is 5.56. The molecule has 1 saturated heterocycles. The average Bonchev–Trinajstić information content (AvgIpc) is 2.59. The summed E-state index contributed by atoms with van der Waals surface area (Å²) in [5.41, 5.74) is -1.48. The molecule has 0 atom stereocenters. The van der Waals surface area contributed by atoms with Crippen molar-refractivity contribution in [1.29, 1.82) is 0 Å². The number of carboxylic acid groups (broad SMARTS) is 1. The highest BCUT2D eigenvalue weighted by Crippen LogP contribution is 2.34. The van der Waals surface area contributed by atoms with Crippen molar-refractivity contribution in [2.45, 2.75) is 45.8 Å². The van der Waals surface area contributed by atoms with Crippen molar-refractivity contribution >= 4 is 18.0 Å². The van der Waals surface area contributed by atoms with Crippen LogP contribution in [-0.4, -0.2) is 46.7 Å². The number of carbonyl (C=O) groups excluding carboxylic acids is 2. The molecule has 142 valence electrons. The van der Waals surface area contributed by atoms with E-state index >= 15 is 0 Å². The van der Waals surface area contributed by atoms with Gasteiger partial charge in [0.2, 0.25) is 0 Å². The second kappa shape index (κ2) is 7.76. The zero-order valence-corrected chi connectivity index (χ0v) is 15.4. The topological polar surface area (TPSA) is 93.1 Å². The Bertz CT molecular complexity index is 656. The molecule has 0 spiro atoms. The largest absolute Gasteiger partial charge is 0.480 e. The van der Waals surface area contributed by atoms with E-state index in [0.29, 0.717) is 0 Å². The number of carbonyl (C=O) groups is 3. The Morgan fingerprint density at radius 3 is 2.19 bits per heavy atom. The van der Waals surface area contributed by atoms with Gasteiger partial charge in [-0.05, 0) is 39.2 Å². The Morgan fingerprint density at radius 1 is 1.12 bits per heavy atom. The number of nitrogens with zero attached hydrogens (tertiary/aromatic N) is 1. The van der Waals surface area contributed by atoms with Gasteiger partial charge in [0, 0.05) is 13.1 Å². The molecule has 1 N–H and O–H groups in total. The van der Waals surface area contributed by atoms with Crippen LogP contribution in [-0.2, 0) is 25.7 Å². The van der Waals surface area contributed by atoms with Crippen LogP contribution < -0.4 is 0 Å². The number of likely N-dealkylation sites (tertiary alicyclic amines) is 1. The minimum atomic E-state index is -1.63. The number of piperidine rings is 1. The van der Waals surface area contributed by atoms with Gasteiger partial charge < -0.3 is 19.5 Å². The van der Waals surface area contributed by atoms with E-state index in [0.717, 1.165) is 5.56 Å². The summed E-state index contributed by atoms with van der Waals surface area (Å²) in [4.78, 5) is 37.8. The smallest absolute Gasteiger partial charge is 0.410 e. The molecule has 0 radical (unpaired) electrons. The summed E-state index contributed by atoms with van der Waals surface area (Å²) in [5, 5.41) is 9.63. The molecule has 1 amide bonds. The fourth-order valence-electron chi connectivity index (χ4n) is 2.76. The molecule has 0 saturated carbocycles. The lowest BCUT2D eigenvalue weighted by Crippen LogP contribution is -2.51. The second-order valence-corrected chi connectivity index (χ2v) is 7.42. The molecule has 0 aliphatic carbocycles. The fourth-order valence-corrected chi connectivity index (χ4v) is 2.76. The molecule has 7 heteroatoms. The Hall–Kier alpha value is -2.57. The number of esters is 1. The molecule has 0 bridgehead atoms. The SMILES string of the molecule is CC(C)(C)OC(=O)N1CCC(C(=O)O)(C(=O)OCc2ccccc2)CC1. The predicted molar refractivity (Wildman–Crippen MR) is 93.3 cm³/mol. The molecule has 1 aromatic carbocycles. The van der Waals surface area contributed by atoms with Crippen LogP contribution in [0.4, 0.5) is 4.79 Å². The molecule has 0 unspecified atom stereocenters. The van der Waals surface area contributed by atoms with Crippen LogP contribution in [0.15, 0.2) is 30.3 Å². The Balaban J connectivity index is 1.99. The predicted octanol–water partition coefficient (Wildman–Crippen LogP) is 2.83. The molecule has 1 aliphatic heterocycles. The number of aliphatic carboxylic acids is 1. The van der Waals surface area contributed by atoms with Crippen LogP contribution in [0.1, 0.15) is 39.2 Å². The first-order chi connectivity index (χ1) is 12.1. The Morgan fingerprint density at radius 2 is 1.69 bits per heavy atom. The van der Waals surface area contributed by atoms with Gasteiger partial charge in [-0.15, -0.1) is 0 Å². The molecule has 26 heavy (non-hydrogen) atoms. The maximum Gasteiger partial charge on any atom is 0.410 e. The molecule has 1 heterocycles. The number of rotatable bonds is 4. The molecule has 1 aromatic rings. The van der Waals surface area contributed by atoms with Gasteiger partial charge in [-0.3, -0.25) is 9.59 Å². The van der Waals surface area contributed by atoms with Crippen LogP contribution in [0.3, 0.4) is 0 Å². The first-order valence-corrected chi connectivity index (χ1v) is 8.56. The first-order valence-electron chi connectivity index (χ1n) is 8.56. The summed E-state index contributed by atoms with van der Waals surface area (Å²) in [7, 11) is 0. The van der Waals surface area contributed by atoms with Gasteiger partial charge in [-0.1, -0.05) is 30.3 Å². The Labute approximate surface area is 152 Å². The lowest BCUT2D eigenvalue weighted by Gasteiger charge is -2.37. The minimum Gasteiger partial charge on any atom is -0.480 e. The third-order valence-corrected chi connectivity index (χ3v) is 4.28. The lowest BCUT2D eigenvalue weighted by atomic mass is 9.78. The highest BCUT2D eigenvalue weighted by atomic mass is 16.6. The molecule has 1 fully saturated rings. The zero-order valence-electron chi connectivity index (χ0n) is 15.4. The van der Waals surface area contributed by atoms with Crippen LogP contribution in [0, 0.1) is 5.41 Å². The average molecular weight is 363 g/mol. The minimum absolute atomic E-state index is 0.00476. The maximum absolute atomic E-state index is 12.5. The first kappa shape index (κ1) is 19.8. The number of benzene rings is 1. The third-order valence-electron chi connectivity index (χ3n) is 4.28. The van der Waals surface area contributed by atoms with Crippen molar-refractivity contribution in [1.82, 2.24) is 4.90 Å². The monoisotopic (exact) mass is 363 g/mol. The highest BCUT2D eigenvalue weighted by Gasteiger charge is 2.50. The van der Waals surface area contributed by atoms with Crippen molar-refractivity contribution in [3.63, 3.8) is 0 Å². The number of amides is 1. The van der Waals surface area contributed by atoms with E-state index in [9.17, 15) is 19.5 Å². The lowest BCUT2D eigenvalue weighted by molar-refractivity contribution is -0.173. The normalized spacial score (nSPS) is 16.7. The zero-order chi connectivity index (χ0) is 19.4. The van der Waals surface area contributed by atoms with Crippen LogP contribution in [0.2, 0.25) is 0 Å². The van der Waals surface area contributed by atoms with Crippen molar-refractivity contribution in [3.05, 3.63) is 35.9 Å². The van der Waals surface area contributed by atoms with Crippen molar-refractivity contribution < 1.29 is 29.0 Å². The van der Waals surface area contributed by atoms with E-state index in [2.05, 4.69) is 0 Å².